The summed E-state index contributed by atoms with van der Waals surface area (Å²) < 4.78 is 24.4. The minimum atomic E-state index is -0.201. The molecule has 2 aliphatic heterocycles. The molecule has 2 N–H and O–H groups in total. The summed E-state index contributed by atoms with van der Waals surface area (Å²) >= 11 is 7.04. The van der Waals surface area contributed by atoms with E-state index < -0.39 is 0 Å². The monoisotopic (exact) mass is 762 g/mol. The second-order valence-electron chi connectivity index (χ2n) is 11.7. The average molecular weight is 765 g/mol. The van der Waals surface area contributed by atoms with Crippen molar-refractivity contribution in [2.75, 3.05) is 37.1 Å². The zero-order valence-corrected chi connectivity index (χ0v) is 29.0. The van der Waals surface area contributed by atoms with Crippen molar-refractivity contribution < 1.29 is 28.5 Å². The number of anilines is 2. The third-order valence-corrected chi connectivity index (χ3v) is 9.36. The molecular formula is C37H36Br2N2O6. The Morgan fingerprint density at radius 1 is 0.638 bits per heavy atom. The Morgan fingerprint density at radius 3 is 1.43 bits per heavy atom. The van der Waals surface area contributed by atoms with Gasteiger partial charge in [-0.25, -0.2) is 0 Å². The van der Waals surface area contributed by atoms with Gasteiger partial charge in [-0.3, -0.25) is 9.59 Å². The Hall–Kier alpha value is -3.70. The molecule has 4 aromatic carbocycles. The summed E-state index contributed by atoms with van der Waals surface area (Å²) in [5.41, 5.74) is 4.67. The summed E-state index contributed by atoms with van der Waals surface area (Å²) in [7, 11) is 0. The second kappa shape index (κ2) is 15.9. The maximum Gasteiger partial charge on any atom is 0.255 e. The van der Waals surface area contributed by atoms with Crippen LogP contribution in [0.25, 0.3) is 0 Å². The molecule has 2 unspecified atom stereocenters. The lowest BCUT2D eigenvalue weighted by Crippen LogP contribution is -2.16. The van der Waals surface area contributed by atoms with Crippen LogP contribution in [0.2, 0.25) is 0 Å². The first-order valence-electron chi connectivity index (χ1n) is 15.8. The van der Waals surface area contributed by atoms with Crippen LogP contribution in [0, 0.1) is 0 Å². The molecule has 0 bridgehead atoms. The van der Waals surface area contributed by atoms with Crippen LogP contribution in [-0.4, -0.2) is 50.4 Å². The molecule has 2 fully saturated rings. The highest BCUT2D eigenvalue weighted by Crippen LogP contribution is 2.29. The Morgan fingerprint density at radius 2 is 1.06 bits per heavy atom. The van der Waals surface area contributed by atoms with E-state index in [2.05, 4.69) is 42.5 Å². The molecule has 2 atom stereocenters. The summed E-state index contributed by atoms with van der Waals surface area (Å²) in [6, 6.07) is 26.2. The highest BCUT2D eigenvalue weighted by molar-refractivity contribution is 9.11. The van der Waals surface area contributed by atoms with Crippen molar-refractivity contribution >= 4 is 55.0 Å². The summed E-state index contributed by atoms with van der Waals surface area (Å²) in [5, 5.41) is 5.92. The minimum Gasteiger partial charge on any atom is -0.490 e. The smallest absolute Gasteiger partial charge is 0.255 e. The molecule has 8 nitrogen and oxygen atoms in total. The fourth-order valence-corrected chi connectivity index (χ4v) is 6.48. The summed E-state index contributed by atoms with van der Waals surface area (Å²) in [5.74, 6) is 0.971. The number of ether oxygens (including phenoxy) is 4. The lowest BCUT2D eigenvalue weighted by atomic mass is 10.0. The van der Waals surface area contributed by atoms with E-state index in [1.165, 1.54) is 0 Å². The molecule has 4 aromatic rings. The Bertz CT molecular complexity index is 1560. The van der Waals surface area contributed by atoms with Gasteiger partial charge in [-0.05, 0) is 136 Å². The SMILES string of the molecule is O=C(Nc1ccc(Cc2ccc(NC(=O)c3ccc(OCC4CCCO4)c(Br)c3)cc2)cc1)c1ccc(OCC2CCCO2)c(Br)c1. The fraction of sp³-hybridized carbons (Fsp3) is 0.297. The lowest BCUT2D eigenvalue weighted by molar-refractivity contribution is 0.0676. The quantitative estimate of drug-likeness (QED) is 0.151. The predicted octanol–water partition coefficient (Wildman–Crippen LogP) is 8.42. The molecule has 0 spiro atoms. The van der Waals surface area contributed by atoms with Gasteiger partial charge in [-0.2, -0.15) is 0 Å². The largest absolute Gasteiger partial charge is 0.490 e. The minimum absolute atomic E-state index is 0.126. The van der Waals surface area contributed by atoms with Crippen LogP contribution in [0.5, 0.6) is 11.5 Å². The van der Waals surface area contributed by atoms with Crippen LogP contribution >= 0.6 is 31.9 Å². The van der Waals surface area contributed by atoms with E-state index in [1.54, 1.807) is 36.4 Å². The number of nitrogens with one attached hydrogen (secondary N) is 2. The number of hydrogen-bond acceptors (Lipinski definition) is 6. The molecule has 2 saturated heterocycles. The molecule has 10 heteroatoms. The average Bonchev–Trinajstić information content (AvgIpc) is 3.80. The lowest BCUT2D eigenvalue weighted by Gasteiger charge is -2.13. The van der Waals surface area contributed by atoms with Crippen molar-refractivity contribution in [3.63, 3.8) is 0 Å². The number of hydrogen-bond donors (Lipinski definition) is 2. The number of carbonyl (C=O) groups is 2. The normalized spacial score (nSPS) is 17.3. The topological polar surface area (TPSA) is 95.1 Å². The van der Waals surface area contributed by atoms with E-state index in [0.717, 1.165) is 59.0 Å². The zero-order chi connectivity index (χ0) is 32.6. The van der Waals surface area contributed by atoms with Gasteiger partial charge in [0.05, 0.1) is 21.2 Å². The molecule has 6 rings (SSSR count). The first-order valence-corrected chi connectivity index (χ1v) is 17.4. The predicted molar refractivity (Wildman–Crippen MR) is 189 cm³/mol. The van der Waals surface area contributed by atoms with Crippen molar-refractivity contribution in [1.82, 2.24) is 0 Å². The Labute approximate surface area is 291 Å². The third-order valence-electron chi connectivity index (χ3n) is 8.12. The van der Waals surface area contributed by atoms with Crippen molar-refractivity contribution in [2.24, 2.45) is 0 Å². The van der Waals surface area contributed by atoms with Gasteiger partial charge in [0.2, 0.25) is 0 Å². The van der Waals surface area contributed by atoms with E-state index >= 15 is 0 Å². The van der Waals surface area contributed by atoms with Crippen LogP contribution in [0.3, 0.4) is 0 Å². The van der Waals surface area contributed by atoms with Gasteiger partial charge in [0.25, 0.3) is 11.8 Å². The van der Waals surface area contributed by atoms with Crippen molar-refractivity contribution in [1.29, 1.82) is 0 Å². The molecule has 0 aromatic heterocycles. The molecular weight excluding hydrogens is 728 g/mol. The van der Waals surface area contributed by atoms with E-state index in [0.29, 0.717) is 53.6 Å². The van der Waals surface area contributed by atoms with Crippen LogP contribution in [0.4, 0.5) is 11.4 Å². The second-order valence-corrected chi connectivity index (χ2v) is 13.4. The van der Waals surface area contributed by atoms with Crippen molar-refractivity contribution in [3.05, 3.63) is 116 Å². The highest BCUT2D eigenvalue weighted by Gasteiger charge is 2.19. The Kier molecular flexibility index (Phi) is 11.3. The standard InChI is InChI=1S/C37H36Br2N2O6/c38-32-20-26(9-15-34(32)46-22-30-3-1-17-44-30)36(42)40-28-11-5-24(6-12-28)19-25-7-13-29(14-8-25)41-37(43)27-10-16-35(33(39)21-27)47-23-31-4-2-18-45-31/h5-16,20-21,30-31H,1-4,17-19,22-23H2,(H,40,42)(H,41,43). The van der Waals surface area contributed by atoms with Gasteiger partial charge in [-0.15, -0.1) is 0 Å². The Balaban J connectivity index is 0.971. The van der Waals surface area contributed by atoms with Crippen LogP contribution < -0.4 is 20.1 Å². The number of carbonyl (C=O) groups excluding carboxylic acids is 2. The van der Waals surface area contributed by atoms with Crippen LogP contribution in [0.15, 0.2) is 93.9 Å². The van der Waals surface area contributed by atoms with Gasteiger partial charge in [0.15, 0.2) is 0 Å². The van der Waals surface area contributed by atoms with Gasteiger partial charge >= 0.3 is 0 Å². The summed E-state index contributed by atoms with van der Waals surface area (Å²) in [4.78, 5) is 25.8. The van der Waals surface area contributed by atoms with E-state index in [4.69, 9.17) is 18.9 Å². The zero-order valence-electron chi connectivity index (χ0n) is 25.8. The first kappa shape index (κ1) is 33.2. The molecule has 2 amide bonds. The summed E-state index contributed by atoms with van der Waals surface area (Å²) in [6.07, 6.45) is 5.10. The number of halogens is 2. The van der Waals surface area contributed by atoms with Crippen molar-refractivity contribution in [2.45, 2.75) is 44.3 Å². The molecule has 47 heavy (non-hydrogen) atoms. The fourth-order valence-electron chi connectivity index (χ4n) is 5.49. The summed E-state index contributed by atoms with van der Waals surface area (Å²) in [6.45, 7) is 2.57. The van der Waals surface area contributed by atoms with Crippen LogP contribution in [-0.2, 0) is 15.9 Å². The van der Waals surface area contributed by atoms with Gasteiger partial charge in [-0.1, -0.05) is 24.3 Å². The maximum atomic E-state index is 12.9. The van der Waals surface area contributed by atoms with Crippen molar-refractivity contribution in [3.8, 4) is 11.5 Å². The highest BCUT2D eigenvalue weighted by atomic mass is 79.9. The molecule has 0 aliphatic carbocycles. The van der Waals surface area contributed by atoms with Gasteiger partial charge < -0.3 is 29.6 Å². The molecule has 244 valence electrons. The molecule has 2 aliphatic rings. The number of benzene rings is 4. The molecule has 0 radical (unpaired) electrons. The van der Waals surface area contributed by atoms with E-state index in [-0.39, 0.29) is 24.0 Å². The van der Waals surface area contributed by atoms with E-state index in [9.17, 15) is 9.59 Å². The van der Waals surface area contributed by atoms with Gasteiger partial charge in [0, 0.05) is 35.7 Å². The number of rotatable bonds is 12. The van der Waals surface area contributed by atoms with E-state index in [1.807, 2.05) is 48.5 Å². The number of amides is 2. The maximum absolute atomic E-state index is 12.9. The third kappa shape index (κ3) is 9.22. The van der Waals surface area contributed by atoms with Gasteiger partial charge in [0.1, 0.15) is 24.7 Å². The molecule has 2 heterocycles. The molecule has 0 saturated carbocycles. The first-order chi connectivity index (χ1) is 22.9. The van der Waals surface area contributed by atoms with Crippen LogP contribution in [0.1, 0.15) is 57.5 Å².